The Balaban J connectivity index is 1.36. The smallest absolute Gasteiger partial charge is 0.317 e. The van der Waals surface area contributed by atoms with Crippen molar-refractivity contribution in [2.45, 2.75) is 44.8 Å². The van der Waals surface area contributed by atoms with E-state index in [4.69, 9.17) is 0 Å². The third kappa shape index (κ3) is 3.34. The Kier molecular flexibility index (Phi) is 4.38. The maximum Gasteiger partial charge on any atom is 0.317 e. The molecule has 1 aromatic rings. The number of nitrogens with one attached hydrogen (secondary N) is 1. The molecule has 0 spiro atoms. The number of aromatic nitrogens is 3. The number of nitrogens with zero attached hydrogens (tertiary/aromatic N) is 5. The maximum atomic E-state index is 12.0. The van der Waals surface area contributed by atoms with Gasteiger partial charge in [0.2, 0.25) is 0 Å². The summed E-state index contributed by atoms with van der Waals surface area (Å²) in [5, 5.41) is 6.95. The quantitative estimate of drug-likeness (QED) is 0.880. The van der Waals surface area contributed by atoms with Gasteiger partial charge in [-0.25, -0.2) is 9.78 Å². The van der Waals surface area contributed by atoms with Gasteiger partial charge in [-0.3, -0.25) is 9.58 Å². The van der Waals surface area contributed by atoms with E-state index in [1.165, 1.54) is 32.1 Å². The normalized spacial score (nSPS) is 23.9. The Morgan fingerprint density at radius 2 is 2.24 bits per heavy atom. The molecule has 1 atom stereocenters. The van der Waals surface area contributed by atoms with E-state index in [2.05, 4.69) is 27.2 Å². The van der Waals surface area contributed by atoms with E-state index in [1.54, 1.807) is 11.0 Å². The number of urea groups is 1. The van der Waals surface area contributed by atoms with Crippen LogP contribution in [0.25, 0.3) is 0 Å². The van der Waals surface area contributed by atoms with Gasteiger partial charge in [0.15, 0.2) is 0 Å². The number of hydrogen-bond acceptors (Lipinski definition) is 4. The second kappa shape index (κ2) is 6.43. The van der Waals surface area contributed by atoms with E-state index >= 15 is 0 Å². The molecule has 116 valence electrons. The lowest BCUT2D eigenvalue weighted by molar-refractivity contribution is 0.0169. The molecule has 2 amide bonds. The predicted octanol–water partition coefficient (Wildman–Crippen LogP) is 0.546. The first-order valence-corrected chi connectivity index (χ1v) is 7.85. The summed E-state index contributed by atoms with van der Waals surface area (Å²) in [5.41, 5.74) is 0. The Hall–Kier alpha value is -1.63. The highest BCUT2D eigenvalue weighted by Crippen LogP contribution is 2.24. The highest BCUT2D eigenvalue weighted by Gasteiger charge is 2.37. The van der Waals surface area contributed by atoms with E-state index in [9.17, 15) is 4.79 Å². The minimum absolute atomic E-state index is 0.0380. The van der Waals surface area contributed by atoms with Gasteiger partial charge in [-0.15, -0.1) is 0 Å². The summed E-state index contributed by atoms with van der Waals surface area (Å²) in [7, 11) is 0. The van der Waals surface area contributed by atoms with Crippen LogP contribution in [0, 0.1) is 0 Å². The number of amides is 2. The van der Waals surface area contributed by atoms with Crippen LogP contribution in [-0.4, -0.2) is 68.9 Å². The summed E-state index contributed by atoms with van der Waals surface area (Å²) in [6, 6.07) is 1.26. The molecule has 21 heavy (non-hydrogen) atoms. The van der Waals surface area contributed by atoms with Crippen LogP contribution in [0.15, 0.2) is 12.7 Å². The van der Waals surface area contributed by atoms with Crippen molar-refractivity contribution in [3.63, 3.8) is 0 Å². The van der Waals surface area contributed by atoms with Crippen LogP contribution in [0.3, 0.4) is 0 Å². The van der Waals surface area contributed by atoms with Crippen molar-refractivity contribution in [2.24, 2.45) is 0 Å². The summed E-state index contributed by atoms with van der Waals surface area (Å²) < 4.78 is 1.72. The lowest BCUT2D eigenvalue weighted by atomic mass is 9.98. The number of rotatable bonds is 4. The molecule has 2 fully saturated rings. The molecule has 0 aliphatic carbocycles. The summed E-state index contributed by atoms with van der Waals surface area (Å²) in [5.74, 6) is 0. The summed E-state index contributed by atoms with van der Waals surface area (Å²) in [6.45, 7) is 6.46. The molecule has 0 saturated carbocycles. The Labute approximate surface area is 125 Å². The molecule has 0 radical (unpaired) electrons. The highest BCUT2D eigenvalue weighted by molar-refractivity contribution is 5.75. The largest absolute Gasteiger partial charge is 0.336 e. The molecule has 0 aromatic carbocycles. The minimum Gasteiger partial charge on any atom is -0.336 e. The topological polar surface area (TPSA) is 66.3 Å². The molecule has 2 aliphatic heterocycles. The molecule has 3 heterocycles. The highest BCUT2D eigenvalue weighted by atomic mass is 16.2. The molecule has 1 aromatic heterocycles. The standard InChI is InChI=1S/C14H24N6O/c1-12-4-2-3-6-20(12)13-8-18(9-13)14(21)16-5-7-19-11-15-10-17-19/h10-13H,2-9H2,1H3,(H,16,21)/t12-/m0/s1. The van der Waals surface area contributed by atoms with Gasteiger partial charge >= 0.3 is 6.03 Å². The number of likely N-dealkylation sites (tertiary alicyclic amines) is 2. The Morgan fingerprint density at radius 3 is 2.95 bits per heavy atom. The third-order valence-corrected chi connectivity index (χ3v) is 4.56. The van der Waals surface area contributed by atoms with Gasteiger partial charge < -0.3 is 10.2 Å². The fourth-order valence-electron chi connectivity index (χ4n) is 3.23. The van der Waals surface area contributed by atoms with Crippen molar-refractivity contribution < 1.29 is 4.79 Å². The molecule has 0 bridgehead atoms. The monoisotopic (exact) mass is 292 g/mol. The Morgan fingerprint density at radius 1 is 1.38 bits per heavy atom. The molecule has 2 saturated heterocycles. The van der Waals surface area contributed by atoms with Gasteiger partial charge in [-0.2, -0.15) is 5.10 Å². The van der Waals surface area contributed by atoms with Crippen molar-refractivity contribution in [1.82, 2.24) is 29.9 Å². The van der Waals surface area contributed by atoms with Crippen molar-refractivity contribution in [2.75, 3.05) is 26.2 Å². The minimum atomic E-state index is 0.0380. The zero-order valence-corrected chi connectivity index (χ0v) is 12.6. The maximum absolute atomic E-state index is 12.0. The molecular weight excluding hydrogens is 268 g/mol. The lowest BCUT2D eigenvalue weighted by Crippen LogP contribution is -2.65. The second-order valence-corrected chi connectivity index (χ2v) is 6.03. The average Bonchev–Trinajstić information content (AvgIpc) is 2.92. The van der Waals surface area contributed by atoms with Crippen molar-refractivity contribution in [3.8, 4) is 0 Å². The third-order valence-electron chi connectivity index (χ3n) is 4.56. The van der Waals surface area contributed by atoms with Gasteiger partial charge in [0.1, 0.15) is 12.7 Å². The SMILES string of the molecule is C[C@H]1CCCCN1C1CN(C(=O)NCCn2cncn2)C1. The molecule has 3 rings (SSSR count). The van der Waals surface area contributed by atoms with Crippen LogP contribution in [0.2, 0.25) is 0 Å². The van der Waals surface area contributed by atoms with Crippen molar-refractivity contribution in [1.29, 1.82) is 0 Å². The molecule has 7 heteroatoms. The van der Waals surface area contributed by atoms with Crippen LogP contribution in [0.5, 0.6) is 0 Å². The Bertz CT molecular complexity index is 456. The van der Waals surface area contributed by atoms with Crippen LogP contribution >= 0.6 is 0 Å². The molecule has 2 aliphatic rings. The van der Waals surface area contributed by atoms with Gasteiger partial charge in [-0.1, -0.05) is 6.42 Å². The second-order valence-electron chi connectivity index (χ2n) is 6.03. The first kappa shape index (κ1) is 14.3. The number of carbonyl (C=O) groups is 1. The fraction of sp³-hybridized carbons (Fsp3) is 0.786. The van der Waals surface area contributed by atoms with Gasteiger partial charge in [0.05, 0.1) is 6.54 Å². The van der Waals surface area contributed by atoms with E-state index in [0.717, 1.165) is 13.1 Å². The van der Waals surface area contributed by atoms with E-state index < -0.39 is 0 Å². The van der Waals surface area contributed by atoms with E-state index in [1.807, 2.05) is 4.90 Å². The summed E-state index contributed by atoms with van der Waals surface area (Å²) >= 11 is 0. The molecular formula is C14H24N6O. The first-order chi connectivity index (χ1) is 10.2. The van der Waals surface area contributed by atoms with Gasteiger partial charge in [0.25, 0.3) is 0 Å². The molecule has 0 unspecified atom stereocenters. The van der Waals surface area contributed by atoms with Crippen molar-refractivity contribution in [3.05, 3.63) is 12.7 Å². The van der Waals surface area contributed by atoms with Gasteiger partial charge in [-0.05, 0) is 26.3 Å². The molecule has 7 nitrogen and oxygen atoms in total. The van der Waals surface area contributed by atoms with Crippen molar-refractivity contribution >= 4 is 6.03 Å². The van der Waals surface area contributed by atoms with E-state index in [-0.39, 0.29) is 6.03 Å². The number of hydrogen-bond donors (Lipinski definition) is 1. The van der Waals surface area contributed by atoms with Crippen LogP contribution in [-0.2, 0) is 6.54 Å². The van der Waals surface area contributed by atoms with Crippen LogP contribution in [0.1, 0.15) is 26.2 Å². The fourth-order valence-corrected chi connectivity index (χ4v) is 3.23. The first-order valence-electron chi connectivity index (χ1n) is 7.85. The summed E-state index contributed by atoms with van der Waals surface area (Å²) in [6.07, 6.45) is 7.09. The average molecular weight is 292 g/mol. The zero-order chi connectivity index (χ0) is 14.7. The lowest BCUT2D eigenvalue weighted by Gasteiger charge is -2.49. The zero-order valence-electron chi connectivity index (χ0n) is 12.6. The van der Waals surface area contributed by atoms with Crippen LogP contribution in [0.4, 0.5) is 4.79 Å². The van der Waals surface area contributed by atoms with Gasteiger partial charge in [0, 0.05) is 31.7 Å². The number of piperidine rings is 1. The van der Waals surface area contributed by atoms with Crippen LogP contribution < -0.4 is 5.32 Å². The molecule has 1 N–H and O–H groups in total. The summed E-state index contributed by atoms with van der Waals surface area (Å²) in [4.78, 5) is 20.4. The number of carbonyl (C=O) groups excluding carboxylic acids is 1. The predicted molar refractivity (Wildman–Crippen MR) is 78.8 cm³/mol. The van der Waals surface area contributed by atoms with E-state index in [0.29, 0.717) is 25.2 Å².